The minimum Gasteiger partial charge on any atom is -0.508 e. The van der Waals surface area contributed by atoms with E-state index in [4.69, 9.17) is 0 Å². The lowest BCUT2D eigenvalue weighted by atomic mass is 9.76. The number of aromatic hydroxyl groups is 1. The fourth-order valence-electron chi connectivity index (χ4n) is 3.48. The minimum absolute atomic E-state index is 0.136. The maximum Gasteiger partial charge on any atom is 0.475 e. The highest BCUT2D eigenvalue weighted by Crippen LogP contribution is 2.39. The van der Waals surface area contributed by atoms with Gasteiger partial charge in [0.15, 0.2) is 0 Å². The average Bonchev–Trinajstić information content (AvgIpc) is 3.31. The van der Waals surface area contributed by atoms with Crippen LogP contribution < -0.4 is 5.32 Å². The number of hydrogen-bond donors (Lipinski definition) is 5. The molecule has 1 saturated heterocycles. The van der Waals surface area contributed by atoms with Crippen molar-refractivity contribution in [2.75, 3.05) is 5.75 Å². The van der Waals surface area contributed by atoms with Crippen LogP contribution in [0.5, 0.6) is 5.75 Å². The van der Waals surface area contributed by atoms with Gasteiger partial charge in [0, 0.05) is 34.5 Å². The van der Waals surface area contributed by atoms with Crippen molar-refractivity contribution in [2.24, 2.45) is 0 Å². The molecule has 1 aliphatic rings. The molecule has 1 aromatic carbocycles. The van der Waals surface area contributed by atoms with Gasteiger partial charge in [-0.2, -0.15) is 0 Å². The monoisotopic (exact) mass is 422 g/mol. The molecular formula is C19H27BN2O4S2. The molecule has 1 amide bonds. The molecule has 28 heavy (non-hydrogen) atoms. The van der Waals surface area contributed by atoms with Crippen LogP contribution in [-0.2, 0) is 11.2 Å². The van der Waals surface area contributed by atoms with Crippen LogP contribution in [0.3, 0.4) is 0 Å². The Bertz CT molecular complexity index is 780. The third-order valence-electron chi connectivity index (χ3n) is 5.09. The van der Waals surface area contributed by atoms with Crippen molar-refractivity contribution in [3.63, 3.8) is 0 Å². The Hall–Kier alpha value is -1.29. The van der Waals surface area contributed by atoms with Gasteiger partial charge in [-0.05, 0) is 55.9 Å². The Balaban J connectivity index is 1.44. The van der Waals surface area contributed by atoms with Crippen LogP contribution >= 0.6 is 21.6 Å². The first kappa shape index (κ1) is 21.4. The molecule has 0 aliphatic carbocycles. The summed E-state index contributed by atoms with van der Waals surface area (Å²) in [6.45, 7) is 0. The van der Waals surface area contributed by atoms with E-state index in [9.17, 15) is 19.9 Å². The highest BCUT2D eigenvalue weighted by Gasteiger charge is 2.25. The van der Waals surface area contributed by atoms with E-state index in [-0.39, 0.29) is 11.7 Å². The SMILES string of the molecule is O=C(CCCCC1CCSS1)N[C@H](CCc1c[nH]c2ccc(O)cc12)B(O)O. The number of benzene rings is 1. The molecule has 0 radical (unpaired) electrons. The summed E-state index contributed by atoms with van der Waals surface area (Å²) in [5.74, 6) is 0.566. The molecule has 6 nitrogen and oxygen atoms in total. The van der Waals surface area contributed by atoms with Crippen molar-refractivity contribution < 1.29 is 19.9 Å². The van der Waals surface area contributed by atoms with E-state index in [0.29, 0.717) is 19.3 Å². The molecule has 1 aromatic heterocycles. The van der Waals surface area contributed by atoms with E-state index in [1.807, 2.05) is 27.8 Å². The van der Waals surface area contributed by atoms with Crippen molar-refractivity contribution in [3.8, 4) is 5.75 Å². The molecule has 5 N–H and O–H groups in total. The van der Waals surface area contributed by atoms with Gasteiger partial charge in [0.05, 0.1) is 5.94 Å². The highest BCUT2D eigenvalue weighted by molar-refractivity contribution is 8.77. The molecule has 0 spiro atoms. The Labute approximate surface area is 173 Å². The summed E-state index contributed by atoms with van der Waals surface area (Å²) < 4.78 is 0. The predicted molar refractivity (Wildman–Crippen MR) is 117 cm³/mol. The number of phenolic OH excluding ortho intramolecular Hbond substituents is 1. The van der Waals surface area contributed by atoms with Gasteiger partial charge in [0.25, 0.3) is 0 Å². The molecule has 1 unspecified atom stereocenters. The van der Waals surface area contributed by atoms with Crippen LogP contribution in [0.25, 0.3) is 10.9 Å². The second kappa shape index (κ2) is 10.5. The summed E-state index contributed by atoms with van der Waals surface area (Å²) in [5.41, 5.74) is 1.88. The Morgan fingerprint density at radius 2 is 2.21 bits per heavy atom. The molecule has 9 heteroatoms. The molecule has 2 heterocycles. The number of H-pyrrole nitrogens is 1. The fourth-order valence-corrected chi connectivity index (χ4v) is 6.51. The lowest BCUT2D eigenvalue weighted by Gasteiger charge is -2.18. The van der Waals surface area contributed by atoms with Gasteiger partial charge in [-0.25, -0.2) is 0 Å². The predicted octanol–water partition coefficient (Wildman–Crippen LogP) is 3.02. The van der Waals surface area contributed by atoms with Crippen molar-refractivity contribution in [1.29, 1.82) is 0 Å². The lowest BCUT2D eigenvalue weighted by Crippen LogP contribution is -2.46. The van der Waals surface area contributed by atoms with Gasteiger partial charge in [0.2, 0.25) is 5.91 Å². The van der Waals surface area contributed by atoms with E-state index in [1.54, 1.807) is 18.2 Å². The maximum atomic E-state index is 12.2. The number of nitrogens with one attached hydrogen (secondary N) is 2. The molecular weight excluding hydrogens is 395 g/mol. The lowest BCUT2D eigenvalue weighted by molar-refractivity contribution is -0.121. The quantitative estimate of drug-likeness (QED) is 0.229. The Morgan fingerprint density at radius 3 is 2.96 bits per heavy atom. The molecule has 1 fully saturated rings. The highest BCUT2D eigenvalue weighted by atomic mass is 33.1. The summed E-state index contributed by atoms with van der Waals surface area (Å²) in [6, 6.07) is 5.11. The van der Waals surface area contributed by atoms with Gasteiger partial charge in [-0.15, -0.1) is 0 Å². The summed E-state index contributed by atoms with van der Waals surface area (Å²) in [6.07, 6.45) is 7.47. The molecule has 152 valence electrons. The van der Waals surface area contributed by atoms with Crippen LogP contribution in [-0.4, -0.2) is 50.1 Å². The largest absolute Gasteiger partial charge is 0.508 e. The molecule has 0 bridgehead atoms. The van der Waals surface area contributed by atoms with E-state index in [1.165, 1.54) is 12.2 Å². The molecule has 2 aromatic rings. The van der Waals surface area contributed by atoms with Gasteiger partial charge in [0.1, 0.15) is 5.75 Å². The summed E-state index contributed by atoms with van der Waals surface area (Å²) >= 11 is 0. The zero-order valence-corrected chi connectivity index (χ0v) is 17.4. The van der Waals surface area contributed by atoms with Crippen molar-refractivity contribution >= 4 is 45.5 Å². The topological polar surface area (TPSA) is 106 Å². The van der Waals surface area contributed by atoms with Crippen LogP contribution in [0.4, 0.5) is 0 Å². The van der Waals surface area contributed by atoms with Crippen molar-refractivity contribution in [1.82, 2.24) is 10.3 Å². The Kier molecular flexibility index (Phi) is 8.02. The first-order chi connectivity index (χ1) is 13.5. The van der Waals surface area contributed by atoms with Gasteiger partial charge in [-0.1, -0.05) is 28.0 Å². The van der Waals surface area contributed by atoms with Crippen molar-refractivity contribution in [3.05, 3.63) is 30.0 Å². The zero-order valence-electron chi connectivity index (χ0n) is 15.8. The Morgan fingerprint density at radius 1 is 1.36 bits per heavy atom. The number of carbonyl (C=O) groups excluding carboxylic acids is 1. The van der Waals surface area contributed by atoms with Crippen LogP contribution in [0, 0.1) is 0 Å². The summed E-state index contributed by atoms with van der Waals surface area (Å²) in [7, 11) is 2.28. The van der Waals surface area contributed by atoms with E-state index in [2.05, 4.69) is 10.3 Å². The van der Waals surface area contributed by atoms with Crippen LogP contribution in [0.1, 0.15) is 44.1 Å². The van der Waals surface area contributed by atoms with Crippen LogP contribution in [0.15, 0.2) is 24.4 Å². The fraction of sp³-hybridized carbons (Fsp3) is 0.526. The number of phenols is 1. The number of fused-ring (bicyclic) bond motifs is 1. The van der Waals surface area contributed by atoms with Gasteiger partial charge < -0.3 is 25.5 Å². The summed E-state index contributed by atoms with van der Waals surface area (Å²) in [5, 5.41) is 33.4. The third-order valence-corrected chi connectivity index (χ3v) is 8.10. The minimum atomic E-state index is -1.60. The molecule has 2 atom stereocenters. The smallest absolute Gasteiger partial charge is 0.475 e. The third kappa shape index (κ3) is 6.11. The second-order valence-electron chi connectivity index (χ2n) is 7.24. The van der Waals surface area contributed by atoms with E-state index < -0.39 is 13.1 Å². The molecule has 0 saturated carbocycles. The number of amides is 1. The number of hydrogen-bond acceptors (Lipinski definition) is 6. The van der Waals surface area contributed by atoms with Crippen molar-refractivity contribution in [2.45, 2.75) is 56.1 Å². The molecule has 3 rings (SSSR count). The number of aryl methyl sites for hydroxylation is 1. The molecule has 1 aliphatic heterocycles. The maximum absolute atomic E-state index is 12.2. The van der Waals surface area contributed by atoms with Crippen LogP contribution in [0.2, 0.25) is 0 Å². The second-order valence-corrected chi connectivity index (χ2v) is 10.0. The number of aromatic amines is 1. The first-order valence-electron chi connectivity index (χ1n) is 9.75. The van der Waals surface area contributed by atoms with Gasteiger partial charge in [-0.3, -0.25) is 4.79 Å². The average molecular weight is 422 g/mol. The van der Waals surface area contributed by atoms with E-state index in [0.717, 1.165) is 41.0 Å². The standard InChI is InChI=1S/C19H27BN2O4S2/c23-14-6-7-17-16(11-14)13(12-21-17)5-8-18(20(25)26)22-19(24)4-2-1-3-15-9-10-27-28-15/h6-7,11-12,15,18,21,23,25-26H,1-5,8-10H2,(H,22,24)/t15?,18-/m1/s1. The summed E-state index contributed by atoms with van der Waals surface area (Å²) in [4.78, 5) is 15.3. The van der Waals surface area contributed by atoms with E-state index >= 15 is 0 Å². The number of aromatic nitrogens is 1. The number of unbranched alkanes of at least 4 members (excludes halogenated alkanes) is 1. The number of carbonyl (C=O) groups is 1. The zero-order chi connectivity index (χ0) is 19.9. The first-order valence-corrected chi connectivity index (χ1v) is 12.1. The number of rotatable bonds is 10. The van der Waals surface area contributed by atoms with Gasteiger partial charge >= 0.3 is 7.12 Å². The normalized spacial score (nSPS) is 17.7.